The van der Waals surface area contributed by atoms with Crippen LogP contribution in [0.2, 0.25) is 0 Å². The maximum atomic E-state index is 4.62. The zero-order valence-corrected chi connectivity index (χ0v) is 7.46. The molecular formula is C10H11N3. The molecule has 3 nitrogen and oxygen atoms in total. The fourth-order valence-electron chi connectivity index (χ4n) is 1.97. The van der Waals surface area contributed by atoms with Crippen LogP contribution in [-0.4, -0.2) is 34.9 Å². The average molecular weight is 173 g/mol. The second-order valence-electron chi connectivity index (χ2n) is 3.50. The summed E-state index contributed by atoms with van der Waals surface area (Å²) in [4.78, 5) is 8.89. The number of hydrogen-bond acceptors (Lipinski definition) is 3. The van der Waals surface area contributed by atoms with Crippen LogP contribution in [0, 0.1) is 0 Å². The third-order valence-corrected chi connectivity index (χ3v) is 2.66. The minimum atomic E-state index is 0.312. The molecule has 0 amide bonds. The van der Waals surface area contributed by atoms with Crippen LogP contribution in [0.5, 0.6) is 0 Å². The molecule has 2 aliphatic heterocycles. The van der Waals surface area contributed by atoms with Crippen molar-refractivity contribution in [1.82, 2.24) is 9.80 Å². The Balaban J connectivity index is 2.01. The van der Waals surface area contributed by atoms with Crippen molar-refractivity contribution in [3.05, 3.63) is 36.7 Å². The molecule has 0 aromatic heterocycles. The molecule has 0 bridgehead atoms. The number of nitrogens with zero attached hydrogens (tertiary/aromatic N) is 3. The number of aliphatic imine (C=N–C) groups is 1. The Morgan fingerprint density at radius 3 is 3.00 bits per heavy atom. The van der Waals surface area contributed by atoms with Gasteiger partial charge in [0.25, 0.3) is 0 Å². The molecule has 3 heteroatoms. The van der Waals surface area contributed by atoms with Crippen molar-refractivity contribution < 1.29 is 0 Å². The predicted molar refractivity (Wildman–Crippen MR) is 52.0 cm³/mol. The standard InChI is InChI=1S/C10H11N3/c1-12-6-7-13-9-5-3-2-4-8(9)11-10(12)13/h2-9H,1H3. The first-order chi connectivity index (χ1) is 6.36. The summed E-state index contributed by atoms with van der Waals surface area (Å²) in [7, 11) is 2.03. The second-order valence-corrected chi connectivity index (χ2v) is 3.50. The quantitative estimate of drug-likeness (QED) is 0.543. The lowest BCUT2D eigenvalue weighted by Crippen LogP contribution is -2.35. The van der Waals surface area contributed by atoms with Gasteiger partial charge in [-0.15, -0.1) is 0 Å². The van der Waals surface area contributed by atoms with Gasteiger partial charge in [-0.2, -0.15) is 0 Å². The molecule has 1 aliphatic carbocycles. The third kappa shape index (κ3) is 0.813. The smallest absolute Gasteiger partial charge is 0.205 e. The highest BCUT2D eigenvalue weighted by atomic mass is 15.4. The predicted octanol–water partition coefficient (Wildman–Crippen LogP) is 0.938. The van der Waals surface area contributed by atoms with Crippen molar-refractivity contribution in [3.63, 3.8) is 0 Å². The monoisotopic (exact) mass is 173 g/mol. The van der Waals surface area contributed by atoms with Crippen molar-refractivity contribution in [2.45, 2.75) is 12.1 Å². The maximum absolute atomic E-state index is 4.62. The van der Waals surface area contributed by atoms with E-state index >= 15 is 0 Å². The van der Waals surface area contributed by atoms with E-state index in [1.54, 1.807) is 0 Å². The van der Waals surface area contributed by atoms with Crippen LogP contribution in [0.1, 0.15) is 0 Å². The van der Waals surface area contributed by atoms with E-state index < -0.39 is 0 Å². The van der Waals surface area contributed by atoms with Gasteiger partial charge >= 0.3 is 0 Å². The highest BCUT2D eigenvalue weighted by Gasteiger charge is 2.36. The van der Waals surface area contributed by atoms with Gasteiger partial charge in [-0.1, -0.05) is 24.3 Å². The molecule has 3 rings (SSSR count). The lowest BCUT2D eigenvalue weighted by molar-refractivity contribution is 0.470. The molecule has 0 radical (unpaired) electrons. The third-order valence-electron chi connectivity index (χ3n) is 2.66. The van der Waals surface area contributed by atoms with Crippen LogP contribution >= 0.6 is 0 Å². The molecule has 13 heavy (non-hydrogen) atoms. The Hall–Kier alpha value is -1.51. The van der Waals surface area contributed by atoms with E-state index in [9.17, 15) is 0 Å². The summed E-state index contributed by atoms with van der Waals surface area (Å²) in [6.07, 6.45) is 12.6. The zero-order chi connectivity index (χ0) is 8.84. The summed E-state index contributed by atoms with van der Waals surface area (Å²) in [5.74, 6) is 1.06. The normalized spacial score (nSPS) is 33.8. The van der Waals surface area contributed by atoms with Crippen molar-refractivity contribution in [1.29, 1.82) is 0 Å². The Labute approximate surface area is 77.4 Å². The van der Waals surface area contributed by atoms with Crippen LogP contribution in [0.25, 0.3) is 0 Å². The molecule has 3 aliphatic rings. The summed E-state index contributed by atoms with van der Waals surface area (Å²) >= 11 is 0. The highest BCUT2D eigenvalue weighted by Crippen LogP contribution is 2.27. The Morgan fingerprint density at radius 1 is 1.23 bits per heavy atom. The fourth-order valence-corrected chi connectivity index (χ4v) is 1.97. The molecule has 2 unspecified atom stereocenters. The van der Waals surface area contributed by atoms with Gasteiger partial charge < -0.3 is 9.80 Å². The SMILES string of the molecule is CN1C=CN2C1=NC1C=CC=CC12. The van der Waals surface area contributed by atoms with Crippen molar-refractivity contribution in [2.75, 3.05) is 7.05 Å². The molecular weight excluding hydrogens is 162 g/mol. The topological polar surface area (TPSA) is 18.8 Å². The lowest BCUT2D eigenvalue weighted by atomic mass is 10.0. The minimum Gasteiger partial charge on any atom is -0.320 e. The molecule has 0 aromatic rings. The Bertz CT molecular complexity index is 351. The number of hydrogen-bond donors (Lipinski definition) is 0. The van der Waals surface area contributed by atoms with Crippen molar-refractivity contribution in [2.24, 2.45) is 4.99 Å². The summed E-state index contributed by atoms with van der Waals surface area (Å²) in [5, 5.41) is 0. The molecule has 0 fully saturated rings. The molecule has 0 aromatic carbocycles. The van der Waals surface area contributed by atoms with E-state index in [-0.39, 0.29) is 0 Å². The van der Waals surface area contributed by atoms with Crippen LogP contribution < -0.4 is 0 Å². The van der Waals surface area contributed by atoms with E-state index in [0.717, 1.165) is 5.96 Å². The first kappa shape index (κ1) is 6.95. The first-order valence-corrected chi connectivity index (χ1v) is 4.48. The molecule has 0 saturated carbocycles. The van der Waals surface area contributed by atoms with Gasteiger partial charge in [0.15, 0.2) is 0 Å². The van der Waals surface area contributed by atoms with Gasteiger partial charge in [-0.3, -0.25) is 0 Å². The molecule has 0 saturated heterocycles. The number of allylic oxidation sites excluding steroid dienone is 2. The van der Waals surface area contributed by atoms with Gasteiger partial charge in [0.05, 0.1) is 12.1 Å². The van der Waals surface area contributed by atoms with E-state index in [0.29, 0.717) is 12.1 Å². The summed E-state index contributed by atoms with van der Waals surface area (Å²) in [5.41, 5.74) is 0. The maximum Gasteiger partial charge on any atom is 0.205 e. The van der Waals surface area contributed by atoms with E-state index in [4.69, 9.17) is 0 Å². The first-order valence-electron chi connectivity index (χ1n) is 4.48. The van der Waals surface area contributed by atoms with Gasteiger partial charge in [0.2, 0.25) is 5.96 Å². The highest BCUT2D eigenvalue weighted by molar-refractivity contribution is 5.87. The van der Waals surface area contributed by atoms with Gasteiger partial charge in [0, 0.05) is 19.4 Å². The largest absolute Gasteiger partial charge is 0.320 e. The fraction of sp³-hybridized carbons (Fsp3) is 0.300. The van der Waals surface area contributed by atoms with Crippen molar-refractivity contribution >= 4 is 5.96 Å². The molecule has 66 valence electrons. The van der Waals surface area contributed by atoms with Crippen LogP contribution in [-0.2, 0) is 0 Å². The van der Waals surface area contributed by atoms with Crippen LogP contribution in [0.3, 0.4) is 0 Å². The van der Waals surface area contributed by atoms with Gasteiger partial charge in [0.1, 0.15) is 0 Å². The van der Waals surface area contributed by atoms with Crippen LogP contribution in [0.15, 0.2) is 41.7 Å². The van der Waals surface area contributed by atoms with Crippen LogP contribution in [0.4, 0.5) is 0 Å². The molecule has 2 heterocycles. The molecule has 0 spiro atoms. The summed E-state index contributed by atoms with van der Waals surface area (Å²) < 4.78 is 0. The molecule has 2 atom stereocenters. The second kappa shape index (κ2) is 2.25. The number of rotatable bonds is 0. The Kier molecular flexibility index (Phi) is 1.20. The average Bonchev–Trinajstić information content (AvgIpc) is 2.67. The van der Waals surface area contributed by atoms with E-state index in [2.05, 4.69) is 45.3 Å². The van der Waals surface area contributed by atoms with Gasteiger partial charge in [-0.05, 0) is 0 Å². The molecule has 0 N–H and O–H groups in total. The summed E-state index contributed by atoms with van der Waals surface area (Å²) in [6, 6.07) is 0.716. The number of fused-ring (bicyclic) bond motifs is 3. The Morgan fingerprint density at radius 2 is 2.08 bits per heavy atom. The summed E-state index contributed by atoms with van der Waals surface area (Å²) in [6.45, 7) is 0. The zero-order valence-electron chi connectivity index (χ0n) is 7.46. The minimum absolute atomic E-state index is 0.312. The van der Waals surface area contributed by atoms with E-state index in [1.165, 1.54) is 0 Å². The van der Waals surface area contributed by atoms with Gasteiger partial charge in [-0.25, -0.2) is 4.99 Å². The lowest BCUT2D eigenvalue weighted by Gasteiger charge is -2.22. The van der Waals surface area contributed by atoms with E-state index in [1.807, 2.05) is 13.2 Å². The van der Waals surface area contributed by atoms with Crippen molar-refractivity contribution in [3.8, 4) is 0 Å². The number of guanidine groups is 1.